The van der Waals surface area contributed by atoms with Crippen molar-refractivity contribution in [1.82, 2.24) is 9.88 Å². The minimum Gasteiger partial charge on any atom is -0.493 e. The van der Waals surface area contributed by atoms with Gasteiger partial charge in [-0.15, -0.1) is 11.3 Å². The Bertz CT molecular complexity index is 1430. The van der Waals surface area contributed by atoms with E-state index in [0.29, 0.717) is 35.2 Å². The molecule has 0 unspecified atom stereocenters. The first kappa shape index (κ1) is 24.4. The van der Waals surface area contributed by atoms with E-state index >= 15 is 0 Å². The van der Waals surface area contributed by atoms with Gasteiger partial charge >= 0.3 is 0 Å². The number of carbonyl (C=O) groups excluding carboxylic acids is 1. The number of hydrogen-bond acceptors (Lipinski definition) is 8. The molecule has 0 saturated carbocycles. The van der Waals surface area contributed by atoms with Crippen molar-refractivity contribution in [2.45, 2.75) is 18.0 Å². The number of pyridine rings is 1. The third kappa shape index (κ3) is 4.85. The summed E-state index contributed by atoms with van der Waals surface area (Å²) >= 11 is 4.52. The summed E-state index contributed by atoms with van der Waals surface area (Å²) < 4.78 is 10.9. The molecule has 3 aromatic heterocycles. The zero-order valence-electron chi connectivity index (χ0n) is 19.8. The highest BCUT2D eigenvalue weighted by atomic mass is 32.2. The number of thioether (sulfide) groups is 1. The molecule has 1 aromatic carbocycles. The molecule has 182 valence electrons. The van der Waals surface area contributed by atoms with Gasteiger partial charge in [0.2, 0.25) is 5.91 Å². The first-order valence-electron chi connectivity index (χ1n) is 11.3. The minimum atomic E-state index is 0.0183. The van der Waals surface area contributed by atoms with E-state index in [1.165, 1.54) is 17.3 Å². The maximum absolute atomic E-state index is 13.2. The van der Waals surface area contributed by atoms with Gasteiger partial charge < -0.3 is 14.4 Å². The van der Waals surface area contributed by atoms with E-state index in [1.807, 2.05) is 57.4 Å². The number of ether oxygens (including phenoxy) is 2. The highest BCUT2D eigenvalue weighted by Crippen LogP contribution is 2.37. The number of amides is 1. The number of aromatic nitrogens is 1. The van der Waals surface area contributed by atoms with Crippen LogP contribution in [0.5, 0.6) is 11.5 Å². The van der Waals surface area contributed by atoms with Crippen LogP contribution in [0.25, 0.3) is 21.7 Å². The fourth-order valence-corrected chi connectivity index (χ4v) is 6.50. The number of thiophene rings is 2. The monoisotopic (exact) mass is 533 g/mol. The number of benzene rings is 1. The lowest BCUT2D eigenvalue weighted by molar-refractivity contribution is -0.129. The fraction of sp³-hybridized carbons (Fsp3) is 0.222. The van der Waals surface area contributed by atoms with Crippen molar-refractivity contribution in [3.8, 4) is 39.3 Å². The Hall–Kier alpha value is -3.32. The third-order valence-electron chi connectivity index (χ3n) is 6.11. The SMILES string of the molecule is COc1cc2c(cc1OC)CN(C(=O)CSc1nc(-c3cccs3)cc(-c3ccsc3)c1C#N)CC2. The molecule has 0 fully saturated rings. The first-order valence-corrected chi connectivity index (χ1v) is 14.1. The molecule has 9 heteroatoms. The van der Waals surface area contributed by atoms with Gasteiger partial charge in [0.05, 0.1) is 36.1 Å². The van der Waals surface area contributed by atoms with Crippen LogP contribution in [0, 0.1) is 11.3 Å². The molecular weight excluding hydrogens is 511 g/mol. The predicted molar refractivity (Wildman–Crippen MR) is 145 cm³/mol. The summed E-state index contributed by atoms with van der Waals surface area (Å²) in [5.74, 6) is 1.59. The largest absolute Gasteiger partial charge is 0.493 e. The number of hydrogen-bond donors (Lipinski definition) is 0. The molecular formula is C27H23N3O3S3. The summed E-state index contributed by atoms with van der Waals surface area (Å²) in [5.41, 5.74) is 5.39. The second-order valence-electron chi connectivity index (χ2n) is 8.17. The molecule has 0 bridgehead atoms. The third-order valence-corrected chi connectivity index (χ3v) is 8.64. The van der Waals surface area contributed by atoms with Crippen LogP contribution in [0.4, 0.5) is 0 Å². The topological polar surface area (TPSA) is 75.5 Å². The molecule has 0 aliphatic carbocycles. The van der Waals surface area contributed by atoms with E-state index in [1.54, 1.807) is 36.9 Å². The fourth-order valence-electron chi connectivity index (χ4n) is 4.25. The van der Waals surface area contributed by atoms with Crippen molar-refractivity contribution in [1.29, 1.82) is 5.26 Å². The summed E-state index contributed by atoms with van der Waals surface area (Å²) in [7, 11) is 3.24. The number of fused-ring (bicyclic) bond motifs is 1. The van der Waals surface area contributed by atoms with E-state index < -0.39 is 0 Å². The average molecular weight is 534 g/mol. The Labute approximate surface area is 222 Å². The standard InChI is InChI=1S/C27H23N3O3S3/c1-32-23-10-17-5-7-30(14-19(17)11-24(23)33-2)26(31)16-36-27-21(13-28)20(18-6-9-34-15-18)12-22(29-27)25-4-3-8-35-25/h3-4,6,8-12,15H,5,7,14,16H2,1-2H3. The summed E-state index contributed by atoms with van der Waals surface area (Å²) in [6.07, 6.45) is 0.754. The lowest BCUT2D eigenvalue weighted by Gasteiger charge is -2.29. The Kier molecular flexibility index (Phi) is 7.28. The van der Waals surface area contributed by atoms with Crippen molar-refractivity contribution in [2.75, 3.05) is 26.5 Å². The molecule has 0 radical (unpaired) electrons. The second-order valence-corrected chi connectivity index (χ2v) is 10.9. The molecule has 4 heterocycles. The van der Waals surface area contributed by atoms with Gasteiger partial charge in [0.25, 0.3) is 0 Å². The molecule has 6 nitrogen and oxygen atoms in total. The second kappa shape index (κ2) is 10.7. The highest BCUT2D eigenvalue weighted by Gasteiger charge is 2.24. The summed E-state index contributed by atoms with van der Waals surface area (Å²) in [5, 5.41) is 16.6. The van der Waals surface area contributed by atoms with Crippen LogP contribution in [-0.2, 0) is 17.8 Å². The molecule has 5 rings (SSSR count). The van der Waals surface area contributed by atoms with Crippen LogP contribution < -0.4 is 9.47 Å². The van der Waals surface area contributed by atoms with Crippen molar-refractivity contribution in [2.24, 2.45) is 0 Å². The number of rotatable bonds is 7. The van der Waals surface area contributed by atoms with Gasteiger partial charge in [-0.2, -0.15) is 16.6 Å². The van der Waals surface area contributed by atoms with E-state index in [-0.39, 0.29) is 11.7 Å². The van der Waals surface area contributed by atoms with Gasteiger partial charge in [-0.25, -0.2) is 4.98 Å². The van der Waals surface area contributed by atoms with Gasteiger partial charge in [-0.05, 0) is 69.6 Å². The maximum Gasteiger partial charge on any atom is 0.233 e. The van der Waals surface area contributed by atoms with Gasteiger partial charge in [0.15, 0.2) is 11.5 Å². The molecule has 1 aliphatic heterocycles. The van der Waals surface area contributed by atoms with Crippen LogP contribution in [0.3, 0.4) is 0 Å². The molecule has 36 heavy (non-hydrogen) atoms. The van der Waals surface area contributed by atoms with Crippen molar-refractivity contribution in [3.05, 3.63) is 69.2 Å². The summed E-state index contributed by atoms with van der Waals surface area (Å²) in [4.78, 5) is 20.9. The Morgan fingerprint density at radius 3 is 2.64 bits per heavy atom. The normalized spacial score (nSPS) is 12.6. The van der Waals surface area contributed by atoms with Crippen molar-refractivity contribution in [3.63, 3.8) is 0 Å². The quantitative estimate of drug-likeness (QED) is 0.267. The zero-order valence-corrected chi connectivity index (χ0v) is 22.3. The molecule has 1 aliphatic rings. The number of nitriles is 1. The summed E-state index contributed by atoms with van der Waals surface area (Å²) in [6, 6.07) is 14.3. The Morgan fingerprint density at radius 1 is 1.17 bits per heavy atom. The van der Waals surface area contributed by atoms with Gasteiger partial charge in [-0.3, -0.25) is 4.79 Å². The van der Waals surface area contributed by atoms with Crippen molar-refractivity contribution < 1.29 is 14.3 Å². The smallest absolute Gasteiger partial charge is 0.233 e. The Balaban J connectivity index is 1.39. The molecule has 0 spiro atoms. The van der Waals surface area contributed by atoms with E-state index in [0.717, 1.165) is 33.7 Å². The predicted octanol–water partition coefficient (Wildman–Crippen LogP) is 6.10. The molecule has 0 atom stereocenters. The Morgan fingerprint density at radius 2 is 1.97 bits per heavy atom. The van der Waals surface area contributed by atoms with Crippen molar-refractivity contribution >= 4 is 40.3 Å². The van der Waals surface area contributed by atoms with Gasteiger partial charge in [0.1, 0.15) is 11.1 Å². The van der Waals surface area contributed by atoms with E-state index in [4.69, 9.17) is 14.5 Å². The van der Waals surface area contributed by atoms with Crippen LogP contribution in [0.15, 0.2) is 57.6 Å². The summed E-state index contributed by atoms with van der Waals surface area (Å²) in [6.45, 7) is 1.15. The van der Waals surface area contributed by atoms with Crippen LogP contribution >= 0.6 is 34.4 Å². The number of nitrogens with zero attached hydrogens (tertiary/aromatic N) is 3. The molecule has 0 saturated heterocycles. The maximum atomic E-state index is 13.2. The molecule has 0 N–H and O–H groups in total. The van der Waals surface area contributed by atoms with E-state index in [2.05, 4.69) is 6.07 Å². The minimum absolute atomic E-state index is 0.0183. The number of carbonyl (C=O) groups is 1. The van der Waals surface area contributed by atoms with Crippen LogP contribution in [0.1, 0.15) is 16.7 Å². The number of methoxy groups -OCH3 is 2. The lowest BCUT2D eigenvalue weighted by atomic mass is 9.99. The molecule has 1 amide bonds. The van der Waals surface area contributed by atoms with Crippen LogP contribution in [0.2, 0.25) is 0 Å². The first-order chi connectivity index (χ1) is 17.6. The highest BCUT2D eigenvalue weighted by molar-refractivity contribution is 8.00. The zero-order chi connectivity index (χ0) is 25.1. The molecule has 4 aromatic rings. The van der Waals surface area contributed by atoms with Crippen LogP contribution in [-0.4, -0.2) is 42.3 Å². The van der Waals surface area contributed by atoms with Gasteiger partial charge in [-0.1, -0.05) is 17.8 Å². The van der Waals surface area contributed by atoms with E-state index in [9.17, 15) is 10.1 Å². The van der Waals surface area contributed by atoms with Gasteiger partial charge in [0, 0.05) is 18.7 Å². The average Bonchev–Trinajstić information content (AvgIpc) is 3.65. The lowest BCUT2D eigenvalue weighted by Crippen LogP contribution is -2.37.